The van der Waals surface area contributed by atoms with Gasteiger partial charge in [-0.15, -0.1) is 11.6 Å². The summed E-state index contributed by atoms with van der Waals surface area (Å²) in [6, 6.07) is 1.91. The molecule has 0 aliphatic heterocycles. The third kappa shape index (κ3) is 1.98. The van der Waals surface area contributed by atoms with Gasteiger partial charge in [-0.3, -0.25) is 0 Å². The van der Waals surface area contributed by atoms with Crippen molar-refractivity contribution < 1.29 is 0 Å². The number of alkyl halides is 1. The molecule has 0 unspecified atom stereocenters. The summed E-state index contributed by atoms with van der Waals surface area (Å²) < 4.78 is 0. The smallest absolute Gasteiger partial charge is 0.0528 e. The maximum absolute atomic E-state index is 5.49. The van der Waals surface area contributed by atoms with Crippen molar-refractivity contribution in [2.75, 3.05) is 5.88 Å². The van der Waals surface area contributed by atoms with Gasteiger partial charge in [0.2, 0.25) is 0 Å². The highest BCUT2D eigenvalue weighted by Crippen LogP contribution is 1.95. The fraction of sp³-hybridized carbons (Fsp3) is 0.333. The molecule has 3 heteroatoms. The highest BCUT2D eigenvalue weighted by molar-refractivity contribution is 6.17. The minimum Gasteiger partial charge on any atom is -0.159 e. The van der Waals surface area contributed by atoms with Gasteiger partial charge in [-0.05, 0) is 18.1 Å². The zero-order valence-corrected chi connectivity index (χ0v) is 5.67. The van der Waals surface area contributed by atoms with E-state index in [-0.39, 0.29) is 0 Å². The van der Waals surface area contributed by atoms with Crippen LogP contribution in [0.4, 0.5) is 0 Å². The summed E-state index contributed by atoms with van der Waals surface area (Å²) in [5, 5.41) is 7.33. The maximum atomic E-state index is 5.49. The van der Waals surface area contributed by atoms with Crippen LogP contribution in [0.3, 0.4) is 0 Å². The lowest BCUT2D eigenvalue weighted by Crippen LogP contribution is -1.87. The van der Waals surface area contributed by atoms with Crippen molar-refractivity contribution in [1.29, 1.82) is 0 Å². The molecule has 9 heavy (non-hydrogen) atoms. The Balaban J connectivity index is 2.61. The molecule has 0 saturated carbocycles. The zero-order valence-electron chi connectivity index (χ0n) is 4.92. The molecule has 1 rings (SSSR count). The largest absolute Gasteiger partial charge is 0.159 e. The lowest BCUT2D eigenvalue weighted by Gasteiger charge is -1.91. The van der Waals surface area contributed by atoms with E-state index >= 15 is 0 Å². The van der Waals surface area contributed by atoms with Gasteiger partial charge in [0.15, 0.2) is 0 Å². The Morgan fingerprint density at radius 2 is 2.33 bits per heavy atom. The van der Waals surface area contributed by atoms with Crippen molar-refractivity contribution in [2.24, 2.45) is 0 Å². The van der Waals surface area contributed by atoms with E-state index in [1.54, 1.807) is 12.4 Å². The molecule has 1 heterocycles. The average Bonchev–Trinajstić information content (AvgIpc) is 1.91. The Morgan fingerprint density at radius 3 is 2.89 bits per heavy atom. The lowest BCUT2D eigenvalue weighted by molar-refractivity contribution is 0.985. The topological polar surface area (TPSA) is 25.8 Å². The van der Waals surface area contributed by atoms with Gasteiger partial charge in [0, 0.05) is 12.1 Å². The summed E-state index contributed by atoms with van der Waals surface area (Å²) in [5.74, 6) is 0.645. The number of halogens is 1. The second-order valence-corrected chi connectivity index (χ2v) is 2.07. The van der Waals surface area contributed by atoms with Crippen LogP contribution >= 0.6 is 11.6 Å². The van der Waals surface area contributed by atoms with Crippen LogP contribution in [0.2, 0.25) is 0 Å². The molecule has 2 nitrogen and oxygen atoms in total. The summed E-state index contributed by atoms with van der Waals surface area (Å²) >= 11 is 5.49. The molecule has 0 radical (unpaired) electrons. The van der Waals surface area contributed by atoms with Gasteiger partial charge in [0.1, 0.15) is 0 Å². The molecular formula is C6H7ClN2. The molecule has 0 amide bonds. The van der Waals surface area contributed by atoms with Gasteiger partial charge in [0.25, 0.3) is 0 Å². The average molecular weight is 143 g/mol. The van der Waals surface area contributed by atoms with E-state index in [1.165, 1.54) is 0 Å². The van der Waals surface area contributed by atoms with Crippen molar-refractivity contribution in [1.82, 2.24) is 10.2 Å². The van der Waals surface area contributed by atoms with Gasteiger partial charge < -0.3 is 0 Å². The summed E-state index contributed by atoms with van der Waals surface area (Å²) in [6.45, 7) is 0. The van der Waals surface area contributed by atoms with Crippen LogP contribution in [0.15, 0.2) is 18.5 Å². The summed E-state index contributed by atoms with van der Waals surface area (Å²) in [5.41, 5.74) is 1.14. The Hall–Kier alpha value is -0.630. The van der Waals surface area contributed by atoms with Crippen LogP contribution in [0.5, 0.6) is 0 Å². The molecular weight excluding hydrogens is 136 g/mol. The molecule has 0 bridgehead atoms. The van der Waals surface area contributed by atoms with Crippen LogP contribution in [0.1, 0.15) is 5.56 Å². The lowest BCUT2D eigenvalue weighted by atomic mass is 10.2. The number of nitrogens with zero attached hydrogens (tertiary/aromatic N) is 2. The number of aryl methyl sites for hydroxylation is 1. The standard InChI is InChI=1S/C6H7ClN2/c7-3-1-6-2-4-8-9-5-6/h2,4-5H,1,3H2. The normalized spacial score (nSPS) is 9.44. The Labute approximate surface area is 58.9 Å². The first-order valence-electron chi connectivity index (χ1n) is 2.75. The van der Waals surface area contributed by atoms with E-state index in [0.29, 0.717) is 5.88 Å². The highest BCUT2D eigenvalue weighted by atomic mass is 35.5. The first-order valence-corrected chi connectivity index (χ1v) is 3.28. The summed E-state index contributed by atoms with van der Waals surface area (Å²) in [6.07, 6.45) is 4.27. The van der Waals surface area contributed by atoms with Crippen molar-refractivity contribution >= 4 is 11.6 Å². The molecule has 0 aliphatic carbocycles. The SMILES string of the molecule is ClCCc1ccnnc1. The minimum atomic E-state index is 0.645. The fourth-order valence-corrected chi connectivity index (χ4v) is 0.793. The highest BCUT2D eigenvalue weighted by Gasteiger charge is 1.87. The van der Waals surface area contributed by atoms with Crippen molar-refractivity contribution in [3.05, 3.63) is 24.0 Å². The second kappa shape index (κ2) is 3.41. The van der Waals surface area contributed by atoms with E-state index in [9.17, 15) is 0 Å². The van der Waals surface area contributed by atoms with Crippen LogP contribution in [0.25, 0.3) is 0 Å². The van der Waals surface area contributed by atoms with E-state index < -0.39 is 0 Å². The second-order valence-electron chi connectivity index (χ2n) is 1.69. The molecule has 0 saturated heterocycles. The third-order valence-electron chi connectivity index (χ3n) is 1.03. The van der Waals surface area contributed by atoms with Crippen LogP contribution in [0, 0.1) is 0 Å². The van der Waals surface area contributed by atoms with E-state index in [0.717, 1.165) is 12.0 Å². The number of hydrogen-bond acceptors (Lipinski definition) is 2. The predicted molar refractivity (Wildman–Crippen MR) is 36.5 cm³/mol. The molecule has 1 aromatic heterocycles. The fourth-order valence-electron chi connectivity index (χ4n) is 0.575. The zero-order chi connectivity index (χ0) is 6.53. The van der Waals surface area contributed by atoms with Crippen molar-refractivity contribution in [3.8, 4) is 0 Å². The molecule has 0 spiro atoms. The van der Waals surface area contributed by atoms with E-state index in [4.69, 9.17) is 11.6 Å². The Bertz CT molecular complexity index is 164. The summed E-state index contributed by atoms with van der Waals surface area (Å²) in [7, 11) is 0. The quantitative estimate of drug-likeness (QED) is 0.581. The van der Waals surface area contributed by atoms with Gasteiger partial charge in [-0.1, -0.05) is 0 Å². The number of hydrogen-bond donors (Lipinski definition) is 0. The van der Waals surface area contributed by atoms with Crippen molar-refractivity contribution in [3.63, 3.8) is 0 Å². The van der Waals surface area contributed by atoms with Gasteiger partial charge in [-0.25, -0.2) is 0 Å². The van der Waals surface area contributed by atoms with E-state index in [1.807, 2.05) is 6.07 Å². The van der Waals surface area contributed by atoms with Crippen LogP contribution in [-0.4, -0.2) is 16.1 Å². The Kier molecular flexibility index (Phi) is 2.46. The van der Waals surface area contributed by atoms with Crippen LogP contribution < -0.4 is 0 Å². The monoisotopic (exact) mass is 142 g/mol. The van der Waals surface area contributed by atoms with Crippen molar-refractivity contribution in [2.45, 2.75) is 6.42 Å². The summed E-state index contributed by atoms with van der Waals surface area (Å²) in [4.78, 5) is 0. The predicted octanol–water partition coefficient (Wildman–Crippen LogP) is 1.26. The number of rotatable bonds is 2. The van der Waals surface area contributed by atoms with Gasteiger partial charge in [0.05, 0.1) is 6.20 Å². The first-order chi connectivity index (χ1) is 4.43. The van der Waals surface area contributed by atoms with Gasteiger partial charge in [-0.2, -0.15) is 10.2 Å². The number of aromatic nitrogens is 2. The molecule has 0 atom stereocenters. The third-order valence-corrected chi connectivity index (χ3v) is 1.22. The molecule has 48 valence electrons. The maximum Gasteiger partial charge on any atom is 0.0528 e. The van der Waals surface area contributed by atoms with Gasteiger partial charge >= 0.3 is 0 Å². The molecule has 1 aromatic rings. The molecule has 0 N–H and O–H groups in total. The first kappa shape index (κ1) is 6.49. The van der Waals surface area contributed by atoms with E-state index in [2.05, 4.69) is 10.2 Å². The Morgan fingerprint density at radius 1 is 1.44 bits per heavy atom. The van der Waals surface area contributed by atoms with Crippen LogP contribution in [-0.2, 0) is 6.42 Å². The molecule has 0 aliphatic rings. The molecule has 0 aromatic carbocycles. The molecule has 0 fully saturated rings. The minimum absolute atomic E-state index is 0.645.